The summed E-state index contributed by atoms with van der Waals surface area (Å²) in [5.41, 5.74) is 0. The van der Waals surface area contributed by atoms with Crippen LogP contribution < -0.4 is 5.32 Å². The highest BCUT2D eigenvalue weighted by atomic mass is 15.1. The maximum Gasteiger partial charge on any atom is 0.0107 e. The Morgan fingerprint density at radius 1 is 1.00 bits per heavy atom. The van der Waals surface area contributed by atoms with Gasteiger partial charge in [0.05, 0.1) is 0 Å². The first-order chi connectivity index (χ1) is 9.74. The molecule has 2 fully saturated rings. The van der Waals surface area contributed by atoms with E-state index in [9.17, 15) is 0 Å². The molecule has 1 aliphatic carbocycles. The van der Waals surface area contributed by atoms with Gasteiger partial charge in [-0.15, -0.1) is 0 Å². The third-order valence-corrected chi connectivity index (χ3v) is 5.15. The predicted octanol–water partition coefficient (Wildman–Crippen LogP) is 4.06. The van der Waals surface area contributed by atoms with Gasteiger partial charge in [-0.3, -0.25) is 0 Å². The molecule has 0 aromatic carbocycles. The molecule has 0 bridgehead atoms. The molecule has 2 aliphatic rings. The highest BCUT2D eigenvalue weighted by Gasteiger charge is 2.22. The van der Waals surface area contributed by atoms with Crippen molar-refractivity contribution in [3.63, 3.8) is 0 Å². The van der Waals surface area contributed by atoms with Crippen LogP contribution in [0, 0.1) is 11.8 Å². The maximum atomic E-state index is 3.85. The highest BCUT2D eigenvalue weighted by molar-refractivity contribution is 4.79. The van der Waals surface area contributed by atoms with Crippen LogP contribution in [0.1, 0.15) is 71.6 Å². The standard InChI is InChI=1S/C18H36N2/c1-16(2)14-17-8-7-9-18(15-17)19-10-13-20-11-5-3-4-6-12-20/h16-19H,3-15H2,1-2H3. The first kappa shape index (κ1) is 16.3. The van der Waals surface area contributed by atoms with Gasteiger partial charge in [0.2, 0.25) is 0 Å². The second-order valence-corrected chi connectivity index (χ2v) is 7.57. The van der Waals surface area contributed by atoms with Crippen molar-refractivity contribution in [3.05, 3.63) is 0 Å². The average Bonchev–Trinajstić information content (AvgIpc) is 2.67. The summed E-state index contributed by atoms with van der Waals surface area (Å²) in [6, 6.07) is 0.805. The van der Waals surface area contributed by atoms with Crippen molar-refractivity contribution in [1.82, 2.24) is 10.2 Å². The van der Waals surface area contributed by atoms with Gasteiger partial charge in [-0.2, -0.15) is 0 Å². The van der Waals surface area contributed by atoms with E-state index in [1.807, 2.05) is 0 Å². The molecule has 2 unspecified atom stereocenters. The molecule has 2 heteroatoms. The van der Waals surface area contributed by atoms with Crippen molar-refractivity contribution in [2.45, 2.75) is 77.7 Å². The molecule has 0 radical (unpaired) electrons. The second kappa shape index (κ2) is 9.04. The SMILES string of the molecule is CC(C)CC1CCCC(NCCN2CCCCCC2)C1. The Morgan fingerprint density at radius 3 is 2.45 bits per heavy atom. The van der Waals surface area contributed by atoms with Crippen LogP contribution in [0.3, 0.4) is 0 Å². The van der Waals surface area contributed by atoms with Gasteiger partial charge in [-0.05, 0) is 57.0 Å². The van der Waals surface area contributed by atoms with Crippen LogP contribution >= 0.6 is 0 Å². The Labute approximate surface area is 126 Å². The molecule has 0 spiro atoms. The number of rotatable bonds is 6. The molecule has 0 aromatic heterocycles. The molecule has 1 saturated carbocycles. The first-order valence-electron chi connectivity index (χ1n) is 9.20. The molecule has 2 nitrogen and oxygen atoms in total. The molecule has 20 heavy (non-hydrogen) atoms. The summed E-state index contributed by atoms with van der Waals surface area (Å²) in [4.78, 5) is 2.68. The van der Waals surface area contributed by atoms with Gasteiger partial charge in [-0.1, -0.05) is 39.5 Å². The Morgan fingerprint density at radius 2 is 1.75 bits per heavy atom. The zero-order chi connectivity index (χ0) is 14.2. The van der Waals surface area contributed by atoms with E-state index in [1.165, 1.54) is 84.0 Å². The summed E-state index contributed by atoms with van der Waals surface area (Å²) in [6.45, 7) is 9.89. The Balaban J connectivity index is 1.60. The van der Waals surface area contributed by atoms with Gasteiger partial charge in [-0.25, -0.2) is 0 Å². The Hall–Kier alpha value is -0.0800. The van der Waals surface area contributed by atoms with E-state index < -0.39 is 0 Å². The first-order valence-corrected chi connectivity index (χ1v) is 9.20. The van der Waals surface area contributed by atoms with Crippen LogP contribution in [0.15, 0.2) is 0 Å². The van der Waals surface area contributed by atoms with E-state index in [-0.39, 0.29) is 0 Å². The van der Waals surface area contributed by atoms with Gasteiger partial charge in [0.15, 0.2) is 0 Å². The summed E-state index contributed by atoms with van der Waals surface area (Å²) < 4.78 is 0. The largest absolute Gasteiger partial charge is 0.313 e. The van der Waals surface area contributed by atoms with E-state index in [0.717, 1.165) is 17.9 Å². The fourth-order valence-corrected chi connectivity index (χ4v) is 4.14. The van der Waals surface area contributed by atoms with Crippen molar-refractivity contribution in [2.24, 2.45) is 11.8 Å². The molecule has 2 atom stereocenters. The topological polar surface area (TPSA) is 15.3 Å². The van der Waals surface area contributed by atoms with Crippen LogP contribution in [0.5, 0.6) is 0 Å². The molecule has 0 amide bonds. The summed E-state index contributed by atoms with van der Waals surface area (Å²) in [7, 11) is 0. The van der Waals surface area contributed by atoms with Gasteiger partial charge in [0, 0.05) is 19.1 Å². The van der Waals surface area contributed by atoms with Gasteiger partial charge in [0.25, 0.3) is 0 Å². The third-order valence-electron chi connectivity index (χ3n) is 5.15. The van der Waals surface area contributed by atoms with E-state index in [0.29, 0.717) is 0 Å². The number of nitrogens with zero attached hydrogens (tertiary/aromatic N) is 1. The maximum absolute atomic E-state index is 3.85. The van der Waals surface area contributed by atoms with Gasteiger partial charge in [0.1, 0.15) is 0 Å². The Kier molecular flexibility index (Phi) is 7.37. The molecule has 1 aliphatic heterocycles. The van der Waals surface area contributed by atoms with Gasteiger partial charge < -0.3 is 10.2 Å². The van der Waals surface area contributed by atoms with Crippen molar-refractivity contribution < 1.29 is 0 Å². The van der Waals surface area contributed by atoms with Crippen molar-refractivity contribution in [3.8, 4) is 0 Å². The second-order valence-electron chi connectivity index (χ2n) is 7.57. The minimum atomic E-state index is 0.805. The molecule has 0 aromatic rings. The van der Waals surface area contributed by atoms with E-state index in [4.69, 9.17) is 0 Å². The quantitative estimate of drug-likeness (QED) is 0.789. The molecule has 1 N–H and O–H groups in total. The van der Waals surface area contributed by atoms with Crippen molar-refractivity contribution in [1.29, 1.82) is 0 Å². The van der Waals surface area contributed by atoms with Crippen LogP contribution in [-0.4, -0.2) is 37.1 Å². The molecule has 118 valence electrons. The number of likely N-dealkylation sites (tertiary alicyclic amines) is 1. The van der Waals surface area contributed by atoms with Gasteiger partial charge >= 0.3 is 0 Å². The molecular formula is C18H36N2. The summed E-state index contributed by atoms with van der Waals surface area (Å²) in [5.74, 6) is 1.86. The molecule has 2 rings (SSSR count). The minimum Gasteiger partial charge on any atom is -0.313 e. The van der Waals surface area contributed by atoms with Crippen LogP contribution in [0.2, 0.25) is 0 Å². The lowest BCUT2D eigenvalue weighted by atomic mass is 9.81. The van der Waals surface area contributed by atoms with E-state index in [2.05, 4.69) is 24.1 Å². The monoisotopic (exact) mass is 280 g/mol. The van der Waals surface area contributed by atoms with Crippen LogP contribution in [0.25, 0.3) is 0 Å². The summed E-state index contributed by atoms with van der Waals surface area (Å²) in [5, 5.41) is 3.85. The normalized spacial score (nSPS) is 29.6. The van der Waals surface area contributed by atoms with Crippen LogP contribution in [-0.2, 0) is 0 Å². The van der Waals surface area contributed by atoms with E-state index >= 15 is 0 Å². The minimum absolute atomic E-state index is 0.805. The van der Waals surface area contributed by atoms with Crippen molar-refractivity contribution in [2.75, 3.05) is 26.2 Å². The molecular weight excluding hydrogens is 244 g/mol. The molecule has 1 heterocycles. The fourth-order valence-electron chi connectivity index (χ4n) is 4.14. The average molecular weight is 280 g/mol. The number of hydrogen-bond acceptors (Lipinski definition) is 2. The number of nitrogens with one attached hydrogen (secondary N) is 1. The zero-order valence-corrected chi connectivity index (χ0v) is 13.9. The zero-order valence-electron chi connectivity index (χ0n) is 13.9. The van der Waals surface area contributed by atoms with E-state index in [1.54, 1.807) is 0 Å². The fraction of sp³-hybridized carbons (Fsp3) is 1.00. The van der Waals surface area contributed by atoms with Crippen molar-refractivity contribution >= 4 is 0 Å². The highest BCUT2D eigenvalue weighted by Crippen LogP contribution is 2.29. The third kappa shape index (κ3) is 6.13. The lowest BCUT2D eigenvalue weighted by Gasteiger charge is -2.31. The predicted molar refractivity (Wildman–Crippen MR) is 88.1 cm³/mol. The van der Waals surface area contributed by atoms with Crippen LogP contribution in [0.4, 0.5) is 0 Å². The Bertz CT molecular complexity index is 244. The lowest BCUT2D eigenvalue weighted by molar-refractivity contribution is 0.235. The lowest BCUT2D eigenvalue weighted by Crippen LogP contribution is -2.40. The smallest absolute Gasteiger partial charge is 0.0107 e. The summed E-state index contributed by atoms with van der Waals surface area (Å²) >= 11 is 0. The number of hydrogen-bond donors (Lipinski definition) is 1. The summed E-state index contributed by atoms with van der Waals surface area (Å²) in [6.07, 6.45) is 12.9. The molecule has 1 saturated heterocycles.